The van der Waals surface area contributed by atoms with E-state index in [9.17, 15) is 14.0 Å². The number of hydrogen-bond donors (Lipinski definition) is 0. The van der Waals surface area contributed by atoms with Crippen LogP contribution < -0.4 is 29.1 Å². The smallest absolute Gasteiger partial charge is 0.291 e. The summed E-state index contributed by atoms with van der Waals surface area (Å²) in [6.07, 6.45) is 0. The SMILES string of the molecule is COc1cc(C2c3c(oc4ccc(F)cc4c3=O)C(=O)N2Cc2ccc3c(c2)OCO3)cc(OC)c1OC. The van der Waals surface area contributed by atoms with E-state index in [0.29, 0.717) is 34.3 Å². The molecule has 1 unspecified atom stereocenters. The first-order valence-corrected chi connectivity index (χ1v) is 11.7. The van der Waals surface area contributed by atoms with Gasteiger partial charge in [0.05, 0.1) is 38.3 Å². The number of nitrogens with zero attached hydrogens (tertiary/aromatic N) is 1. The molecule has 0 saturated carbocycles. The van der Waals surface area contributed by atoms with Crippen molar-refractivity contribution >= 4 is 16.9 Å². The molecule has 1 atom stereocenters. The Bertz CT molecular complexity index is 1640. The van der Waals surface area contributed by atoms with Crippen molar-refractivity contribution in [1.82, 2.24) is 4.90 Å². The maximum atomic E-state index is 14.1. The summed E-state index contributed by atoms with van der Waals surface area (Å²) < 4.78 is 47.4. The molecule has 38 heavy (non-hydrogen) atoms. The lowest BCUT2D eigenvalue weighted by Gasteiger charge is -2.26. The standard InChI is InChI=1S/C28H22FNO8/c1-33-21-9-15(10-22(34-2)26(21)35-3)24-23-25(31)17-11-16(29)5-7-18(17)38-27(23)28(32)30(24)12-14-4-6-19-20(8-14)37-13-36-19/h4-11,24H,12-13H2,1-3H3. The Morgan fingerprint density at radius 2 is 1.66 bits per heavy atom. The summed E-state index contributed by atoms with van der Waals surface area (Å²) in [5, 5.41) is 0.0407. The average molecular weight is 519 g/mol. The lowest BCUT2D eigenvalue weighted by Crippen LogP contribution is -2.29. The Hall–Kier alpha value is -4.73. The third kappa shape index (κ3) is 3.60. The van der Waals surface area contributed by atoms with E-state index in [1.165, 1.54) is 38.4 Å². The summed E-state index contributed by atoms with van der Waals surface area (Å²) in [4.78, 5) is 29.1. The highest BCUT2D eigenvalue weighted by molar-refractivity contribution is 5.99. The van der Waals surface area contributed by atoms with E-state index >= 15 is 0 Å². The van der Waals surface area contributed by atoms with Crippen molar-refractivity contribution in [1.29, 1.82) is 0 Å². The van der Waals surface area contributed by atoms with Gasteiger partial charge in [-0.1, -0.05) is 6.07 Å². The van der Waals surface area contributed by atoms with Gasteiger partial charge in [-0.15, -0.1) is 0 Å². The van der Waals surface area contributed by atoms with E-state index in [1.54, 1.807) is 24.3 Å². The summed E-state index contributed by atoms with van der Waals surface area (Å²) in [5.74, 6) is 1.05. The molecular formula is C28H22FNO8. The zero-order valence-electron chi connectivity index (χ0n) is 20.7. The van der Waals surface area contributed by atoms with E-state index in [4.69, 9.17) is 28.1 Å². The maximum Gasteiger partial charge on any atom is 0.291 e. The van der Waals surface area contributed by atoms with Gasteiger partial charge in [-0.3, -0.25) is 9.59 Å². The number of benzene rings is 3. The van der Waals surface area contributed by atoms with Crippen LogP contribution in [0.1, 0.15) is 33.3 Å². The van der Waals surface area contributed by atoms with Gasteiger partial charge < -0.3 is 33.0 Å². The van der Waals surface area contributed by atoms with Crippen LogP contribution in [-0.4, -0.2) is 38.9 Å². The molecule has 1 amide bonds. The molecule has 0 spiro atoms. The summed E-state index contributed by atoms with van der Waals surface area (Å²) in [6, 6.07) is 11.5. The van der Waals surface area contributed by atoms with Gasteiger partial charge in [-0.2, -0.15) is 0 Å². The molecule has 9 nitrogen and oxygen atoms in total. The number of rotatable bonds is 6. The van der Waals surface area contributed by atoms with Gasteiger partial charge in [0, 0.05) is 6.54 Å². The third-order valence-corrected chi connectivity index (χ3v) is 6.72. The fourth-order valence-corrected chi connectivity index (χ4v) is 5.00. The van der Waals surface area contributed by atoms with Crippen molar-refractivity contribution < 1.29 is 37.3 Å². The highest BCUT2D eigenvalue weighted by Gasteiger charge is 2.43. The number of carbonyl (C=O) groups excluding carboxylic acids is 1. The van der Waals surface area contributed by atoms with E-state index in [2.05, 4.69) is 0 Å². The second-order valence-electron chi connectivity index (χ2n) is 8.80. The molecule has 4 aromatic rings. The molecule has 2 aliphatic heterocycles. The Labute approximate surface area is 215 Å². The van der Waals surface area contributed by atoms with Crippen molar-refractivity contribution in [2.24, 2.45) is 0 Å². The molecule has 0 aliphatic carbocycles. The van der Waals surface area contributed by atoms with Gasteiger partial charge in [-0.25, -0.2) is 4.39 Å². The molecular weight excluding hydrogens is 497 g/mol. The van der Waals surface area contributed by atoms with Crippen molar-refractivity contribution in [2.75, 3.05) is 28.1 Å². The quantitative estimate of drug-likeness (QED) is 0.369. The van der Waals surface area contributed by atoms with Crippen LogP contribution in [0, 0.1) is 5.82 Å². The predicted octanol–water partition coefficient (Wildman–Crippen LogP) is 4.43. The van der Waals surface area contributed by atoms with Crippen LogP contribution in [-0.2, 0) is 6.54 Å². The summed E-state index contributed by atoms with van der Waals surface area (Å²) in [5.41, 5.74) is 0.993. The van der Waals surface area contributed by atoms with Crippen molar-refractivity contribution in [3.05, 3.63) is 87.0 Å². The van der Waals surface area contributed by atoms with Crippen molar-refractivity contribution in [3.8, 4) is 28.7 Å². The van der Waals surface area contributed by atoms with Crippen molar-refractivity contribution in [3.63, 3.8) is 0 Å². The van der Waals surface area contributed by atoms with Crippen LogP contribution in [0.3, 0.4) is 0 Å². The highest BCUT2D eigenvalue weighted by atomic mass is 19.1. The zero-order valence-corrected chi connectivity index (χ0v) is 20.7. The van der Waals surface area contributed by atoms with Crippen molar-refractivity contribution in [2.45, 2.75) is 12.6 Å². The molecule has 3 heterocycles. The predicted molar refractivity (Wildman–Crippen MR) is 133 cm³/mol. The second-order valence-corrected chi connectivity index (χ2v) is 8.80. The van der Waals surface area contributed by atoms with Gasteiger partial charge in [0.2, 0.25) is 18.3 Å². The monoisotopic (exact) mass is 519 g/mol. The van der Waals surface area contributed by atoms with Gasteiger partial charge >= 0.3 is 0 Å². The van der Waals surface area contributed by atoms with E-state index in [0.717, 1.165) is 11.6 Å². The first-order chi connectivity index (χ1) is 18.4. The number of halogens is 1. The minimum Gasteiger partial charge on any atom is -0.493 e. The summed E-state index contributed by atoms with van der Waals surface area (Å²) >= 11 is 0. The molecule has 6 rings (SSSR count). The van der Waals surface area contributed by atoms with Gasteiger partial charge in [0.25, 0.3) is 5.91 Å². The van der Waals surface area contributed by atoms with Crippen LogP contribution in [0.15, 0.2) is 57.7 Å². The normalized spacial score (nSPS) is 15.6. The zero-order chi connectivity index (χ0) is 26.6. The Morgan fingerprint density at radius 1 is 0.921 bits per heavy atom. The largest absolute Gasteiger partial charge is 0.493 e. The highest BCUT2D eigenvalue weighted by Crippen LogP contribution is 2.46. The fraction of sp³-hybridized carbons (Fsp3) is 0.214. The fourth-order valence-electron chi connectivity index (χ4n) is 5.00. The lowest BCUT2D eigenvalue weighted by atomic mass is 9.97. The minimum atomic E-state index is -0.888. The molecule has 0 N–H and O–H groups in total. The van der Waals surface area contributed by atoms with Crippen LogP contribution in [0.4, 0.5) is 4.39 Å². The van der Waals surface area contributed by atoms with E-state index in [-0.39, 0.29) is 35.6 Å². The number of fused-ring (bicyclic) bond motifs is 3. The topological polar surface area (TPSA) is 96.7 Å². The second kappa shape index (κ2) is 8.98. The first-order valence-electron chi connectivity index (χ1n) is 11.7. The number of hydrogen-bond acceptors (Lipinski definition) is 8. The van der Waals surface area contributed by atoms with Crippen LogP contribution in [0.2, 0.25) is 0 Å². The third-order valence-electron chi connectivity index (χ3n) is 6.72. The molecule has 1 aromatic heterocycles. The van der Waals surface area contributed by atoms with Crippen LogP contribution >= 0.6 is 0 Å². The summed E-state index contributed by atoms with van der Waals surface area (Å²) in [7, 11) is 4.43. The molecule has 194 valence electrons. The lowest BCUT2D eigenvalue weighted by molar-refractivity contribution is 0.0713. The number of ether oxygens (including phenoxy) is 5. The molecule has 0 fully saturated rings. The molecule has 10 heteroatoms. The van der Waals surface area contributed by atoms with Crippen LogP contribution in [0.5, 0.6) is 28.7 Å². The minimum absolute atomic E-state index is 0.0407. The molecule has 2 aliphatic rings. The Balaban J connectivity index is 1.56. The van der Waals surface area contributed by atoms with Gasteiger partial charge in [0.15, 0.2) is 28.4 Å². The number of carbonyl (C=O) groups is 1. The van der Waals surface area contributed by atoms with Gasteiger partial charge in [0.1, 0.15) is 11.4 Å². The Kier molecular flexibility index (Phi) is 5.59. The van der Waals surface area contributed by atoms with E-state index in [1.807, 2.05) is 6.07 Å². The van der Waals surface area contributed by atoms with Gasteiger partial charge in [-0.05, 0) is 53.6 Å². The first kappa shape index (κ1) is 23.7. The molecule has 0 radical (unpaired) electrons. The molecule has 0 saturated heterocycles. The molecule has 0 bridgehead atoms. The Morgan fingerprint density at radius 3 is 2.37 bits per heavy atom. The van der Waals surface area contributed by atoms with E-state index < -0.39 is 23.2 Å². The van der Waals surface area contributed by atoms with Crippen LogP contribution in [0.25, 0.3) is 11.0 Å². The summed E-state index contributed by atoms with van der Waals surface area (Å²) in [6.45, 7) is 0.230. The molecule has 3 aromatic carbocycles. The number of methoxy groups -OCH3 is 3. The average Bonchev–Trinajstić information content (AvgIpc) is 3.51. The maximum absolute atomic E-state index is 14.1. The number of amides is 1.